The molecule has 0 unspecified atom stereocenters. The summed E-state index contributed by atoms with van der Waals surface area (Å²) in [5, 5.41) is 16.3. The number of hydrogen-bond acceptors (Lipinski definition) is 3. The number of nitrogens with zero attached hydrogens (tertiary/aromatic N) is 3. The monoisotopic (exact) mass is 373 g/mol. The minimum Gasteiger partial charge on any atom is -0.277 e. The standard InChI is InChI=1S/C23H27N5/c1-5-15-7-8-17(12-16(15)6-2)22-19-13-18(9-10-20(19)25-27-22)23-24-21(26-28-23)11-14(3)4/h7-10,12-14H,5-6,11H2,1-4H3,(H,25,27)(H,24,26,28). The van der Waals surface area contributed by atoms with E-state index in [0.717, 1.165) is 58.6 Å². The van der Waals surface area contributed by atoms with E-state index >= 15 is 0 Å². The molecule has 144 valence electrons. The van der Waals surface area contributed by atoms with E-state index in [1.807, 2.05) is 6.07 Å². The van der Waals surface area contributed by atoms with Crippen LogP contribution >= 0.6 is 0 Å². The number of benzene rings is 2. The molecule has 0 saturated carbocycles. The predicted octanol–water partition coefficient (Wildman–Crippen LogP) is 5.34. The molecular weight excluding hydrogens is 346 g/mol. The molecule has 0 amide bonds. The van der Waals surface area contributed by atoms with Gasteiger partial charge in [0.1, 0.15) is 5.82 Å². The van der Waals surface area contributed by atoms with Crippen molar-refractivity contribution in [2.24, 2.45) is 5.92 Å². The second-order valence-corrected chi connectivity index (χ2v) is 7.73. The highest BCUT2D eigenvalue weighted by molar-refractivity contribution is 5.95. The first-order valence-electron chi connectivity index (χ1n) is 10.1. The van der Waals surface area contributed by atoms with Crippen LogP contribution in [0, 0.1) is 5.92 Å². The highest BCUT2D eigenvalue weighted by Crippen LogP contribution is 2.31. The molecule has 2 N–H and O–H groups in total. The molecule has 28 heavy (non-hydrogen) atoms. The van der Waals surface area contributed by atoms with E-state index in [1.54, 1.807) is 0 Å². The molecule has 0 bridgehead atoms. The Morgan fingerprint density at radius 1 is 0.857 bits per heavy atom. The Labute approximate surface area is 165 Å². The average Bonchev–Trinajstić information content (AvgIpc) is 3.33. The molecule has 5 heteroatoms. The van der Waals surface area contributed by atoms with Gasteiger partial charge in [-0.1, -0.05) is 39.8 Å². The van der Waals surface area contributed by atoms with Crippen molar-refractivity contribution < 1.29 is 0 Å². The first-order chi connectivity index (χ1) is 13.6. The number of nitrogens with one attached hydrogen (secondary N) is 2. The van der Waals surface area contributed by atoms with Gasteiger partial charge in [0.15, 0.2) is 5.82 Å². The van der Waals surface area contributed by atoms with Crippen molar-refractivity contribution in [3.05, 3.63) is 53.3 Å². The third kappa shape index (κ3) is 3.44. The quantitative estimate of drug-likeness (QED) is 0.479. The summed E-state index contributed by atoms with van der Waals surface area (Å²) >= 11 is 0. The van der Waals surface area contributed by atoms with Crippen LogP contribution < -0.4 is 0 Å². The smallest absolute Gasteiger partial charge is 0.181 e. The van der Waals surface area contributed by atoms with Gasteiger partial charge in [-0.2, -0.15) is 10.2 Å². The molecular formula is C23H27N5. The fourth-order valence-electron chi connectivity index (χ4n) is 3.72. The second-order valence-electron chi connectivity index (χ2n) is 7.73. The Bertz CT molecular complexity index is 1100. The first kappa shape index (κ1) is 18.4. The minimum atomic E-state index is 0.544. The zero-order valence-corrected chi connectivity index (χ0v) is 17.0. The van der Waals surface area contributed by atoms with Gasteiger partial charge in [0.2, 0.25) is 0 Å². The summed E-state index contributed by atoms with van der Waals surface area (Å²) in [5.41, 5.74) is 6.95. The van der Waals surface area contributed by atoms with Crippen molar-refractivity contribution in [3.63, 3.8) is 0 Å². The first-order valence-corrected chi connectivity index (χ1v) is 10.1. The normalized spacial score (nSPS) is 11.6. The molecule has 4 aromatic rings. The van der Waals surface area contributed by atoms with Crippen LogP contribution in [0.3, 0.4) is 0 Å². The van der Waals surface area contributed by atoms with Gasteiger partial charge < -0.3 is 0 Å². The van der Waals surface area contributed by atoms with Crippen LogP contribution in [0.15, 0.2) is 36.4 Å². The zero-order chi connectivity index (χ0) is 19.7. The number of H-pyrrole nitrogens is 2. The van der Waals surface area contributed by atoms with E-state index in [0.29, 0.717) is 5.92 Å². The molecule has 0 radical (unpaired) electrons. The number of aromatic nitrogens is 5. The van der Waals surface area contributed by atoms with Crippen LogP contribution in [0.4, 0.5) is 0 Å². The fraction of sp³-hybridized carbons (Fsp3) is 0.348. The largest absolute Gasteiger partial charge is 0.277 e. The van der Waals surface area contributed by atoms with Crippen LogP contribution in [0.1, 0.15) is 44.6 Å². The number of aromatic amines is 2. The van der Waals surface area contributed by atoms with E-state index in [9.17, 15) is 0 Å². The molecule has 0 aliphatic rings. The maximum absolute atomic E-state index is 4.67. The molecule has 0 spiro atoms. The van der Waals surface area contributed by atoms with Crippen molar-refractivity contribution in [1.82, 2.24) is 25.4 Å². The third-order valence-electron chi connectivity index (χ3n) is 5.20. The van der Waals surface area contributed by atoms with Gasteiger partial charge in [-0.3, -0.25) is 10.2 Å². The SMILES string of the molecule is CCc1ccc(-c2n[nH]c3ccc(-c4n[nH]c(CC(C)C)n4)cc23)cc1CC. The Morgan fingerprint density at radius 2 is 1.64 bits per heavy atom. The molecule has 0 saturated heterocycles. The molecule has 0 aliphatic heterocycles. The van der Waals surface area contributed by atoms with Crippen LogP contribution in [-0.4, -0.2) is 25.4 Å². The van der Waals surface area contributed by atoms with E-state index < -0.39 is 0 Å². The maximum atomic E-state index is 4.67. The highest BCUT2D eigenvalue weighted by atomic mass is 15.2. The minimum absolute atomic E-state index is 0.544. The van der Waals surface area contributed by atoms with Gasteiger partial charge in [0.25, 0.3) is 0 Å². The van der Waals surface area contributed by atoms with Crippen molar-refractivity contribution in [2.75, 3.05) is 0 Å². The van der Waals surface area contributed by atoms with Crippen molar-refractivity contribution in [3.8, 4) is 22.6 Å². The van der Waals surface area contributed by atoms with Gasteiger partial charge in [0.05, 0.1) is 11.2 Å². The van der Waals surface area contributed by atoms with Crippen LogP contribution in [0.2, 0.25) is 0 Å². The van der Waals surface area contributed by atoms with Crippen molar-refractivity contribution >= 4 is 10.9 Å². The topological polar surface area (TPSA) is 70.2 Å². The molecule has 5 nitrogen and oxygen atoms in total. The average molecular weight is 374 g/mol. The second kappa shape index (κ2) is 7.58. The van der Waals surface area contributed by atoms with Crippen LogP contribution in [-0.2, 0) is 19.3 Å². The van der Waals surface area contributed by atoms with Crippen molar-refractivity contribution in [2.45, 2.75) is 47.0 Å². The molecule has 4 rings (SSSR count). The van der Waals surface area contributed by atoms with Gasteiger partial charge in [-0.25, -0.2) is 4.98 Å². The summed E-state index contributed by atoms with van der Waals surface area (Å²) in [6, 6.07) is 12.9. The molecule has 0 fully saturated rings. The third-order valence-corrected chi connectivity index (χ3v) is 5.20. The Hall–Kier alpha value is -2.95. The Morgan fingerprint density at radius 3 is 2.39 bits per heavy atom. The number of rotatable bonds is 6. The lowest BCUT2D eigenvalue weighted by Gasteiger charge is -2.08. The van der Waals surface area contributed by atoms with Crippen LogP contribution in [0.25, 0.3) is 33.5 Å². The van der Waals surface area contributed by atoms with Crippen molar-refractivity contribution in [1.29, 1.82) is 0 Å². The molecule has 2 aromatic carbocycles. The lowest BCUT2D eigenvalue weighted by Crippen LogP contribution is -1.95. The van der Waals surface area contributed by atoms with Gasteiger partial charge >= 0.3 is 0 Å². The summed E-state index contributed by atoms with van der Waals surface area (Å²) in [6.07, 6.45) is 2.98. The molecule has 0 atom stereocenters. The van der Waals surface area contributed by atoms with E-state index in [1.165, 1.54) is 11.1 Å². The van der Waals surface area contributed by atoms with E-state index in [2.05, 4.69) is 83.4 Å². The summed E-state index contributed by atoms with van der Waals surface area (Å²) in [6.45, 7) is 8.77. The highest BCUT2D eigenvalue weighted by Gasteiger charge is 2.13. The zero-order valence-electron chi connectivity index (χ0n) is 17.0. The van der Waals surface area contributed by atoms with E-state index in [4.69, 9.17) is 0 Å². The number of fused-ring (bicyclic) bond motifs is 1. The molecule has 2 aromatic heterocycles. The van der Waals surface area contributed by atoms with Gasteiger partial charge in [-0.15, -0.1) is 0 Å². The maximum Gasteiger partial charge on any atom is 0.181 e. The van der Waals surface area contributed by atoms with E-state index in [-0.39, 0.29) is 0 Å². The Balaban J connectivity index is 1.75. The van der Waals surface area contributed by atoms with Gasteiger partial charge in [0, 0.05) is 22.9 Å². The summed E-state index contributed by atoms with van der Waals surface area (Å²) in [4.78, 5) is 4.67. The Kier molecular flexibility index (Phi) is 4.99. The predicted molar refractivity (Wildman–Crippen MR) is 114 cm³/mol. The molecule has 2 heterocycles. The lowest BCUT2D eigenvalue weighted by atomic mass is 9.97. The van der Waals surface area contributed by atoms with Gasteiger partial charge in [-0.05, 0) is 54.2 Å². The summed E-state index contributed by atoms with van der Waals surface area (Å²) in [5.74, 6) is 2.21. The molecule has 0 aliphatic carbocycles. The van der Waals surface area contributed by atoms with Crippen LogP contribution in [0.5, 0.6) is 0 Å². The lowest BCUT2D eigenvalue weighted by molar-refractivity contribution is 0.622. The number of hydrogen-bond donors (Lipinski definition) is 2. The fourth-order valence-corrected chi connectivity index (χ4v) is 3.72. The summed E-state index contributed by atoms with van der Waals surface area (Å²) in [7, 11) is 0. The summed E-state index contributed by atoms with van der Waals surface area (Å²) < 4.78 is 0. The number of aryl methyl sites for hydroxylation is 2.